The van der Waals surface area contributed by atoms with Gasteiger partial charge in [0, 0.05) is 21.6 Å². The number of nitrogens with zero attached hydrogens (tertiary/aromatic N) is 2. The molecular weight excluding hydrogens is 404 g/mol. The average Bonchev–Trinajstić information content (AvgIpc) is 3.11. The lowest BCUT2D eigenvalue weighted by molar-refractivity contribution is -0.126. The van der Waals surface area contributed by atoms with Crippen LogP contribution in [0.15, 0.2) is 82.7 Å². The molecule has 3 aromatic rings. The fourth-order valence-corrected chi connectivity index (χ4v) is 6.01. The van der Waals surface area contributed by atoms with Crippen molar-refractivity contribution < 1.29 is 4.79 Å². The molecule has 5 nitrogen and oxygen atoms in total. The Balaban J connectivity index is 1.70. The molecule has 0 aliphatic carbocycles. The summed E-state index contributed by atoms with van der Waals surface area (Å²) in [7, 11) is 0. The minimum Gasteiger partial charge on any atom is -0.370 e. The molecule has 0 radical (unpaired) electrons. The van der Waals surface area contributed by atoms with E-state index in [9.17, 15) is 10.1 Å². The van der Waals surface area contributed by atoms with Gasteiger partial charge in [-0.2, -0.15) is 5.26 Å². The van der Waals surface area contributed by atoms with Crippen molar-refractivity contribution in [2.75, 3.05) is 0 Å². The quantitative estimate of drug-likeness (QED) is 0.640. The summed E-state index contributed by atoms with van der Waals surface area (Å²) in [4.78, 5) is 19.0. The van der Waals surface area contributed by atoms with Gasteiger partial charge in [-0.25, -0.2) is 4.99 Å². The van der Waals surface area contributed by atoms with Crippen LogP contribution in [0.3, 0.4) is 0 Å². The first-order valence-electron chi connectivity index (χ1n) is 10.1. The highest BCUT2D eigenvalue weighted by Gasteiger charge is 2.55. The second-order valence-electron chi connectivity index (χ2n) is 7.86. The molecule has 2 aliphatic rings. The first-order chi connectivity index (χ1) is 15.0. The molecule has 31 heavy (non-hydrogen) atoms. The van der Waals surface area contributed by atoms with Gasteiger partial charge in [0.1, 0.15) is 0 Å². The summed E-state index contributed by atoms with van der Waals surface area (Å²) in [6, 6.07) is 26.0. The zero-order valence-electron chi connectivity index (χ0n) is 16.9. The third-order valence-corrected chi connectivity index (χ3v) is 7.64. The Morgan fingerprint density at radius 3 is 2.55 bits per heavy atom. The number of carbonyl (C=O) groups is 1. The Kier molecular flexibility index (Phi) is 4.57. The number of hydrogen-bond acceptors (Lipinski definition) is 5. The third-order valence-electron chi connectivity index (χ3n) is 6.09. The monoisotopic (exact) mass is 424 g/mol. The van der Waals surface area contributed by atoms with Crippen LogP contribution in [0.25, 0.3) is 11.1 Å². The molecule has 152 valence electrons. The molecule has 3 aromatic carbocycles. The summed E-state index contributed by atoms with van der Waals surface area (Å²) in [6.45, 7) is 2.07. The Hall–Kier alpha value is -3.56. The van der Waals surface area contributed by atoms with Crippen molar-refractivity contribution in [3.05, 3.63) is 89.5 Å². The predicted molar refractivity (Wildman–Crippen MR) is 122 cm³/mol. The van der Waals surface area contributed by atoms with Crippen LogP contribution in [0.2, 0.25) is 0 Å². The van der Waals surface area contributed by atoms with Crippen LogP contribution in [0, 0.1) is 17.2 Å². The molecule has 2 heterocycles. The molecule has 1 spiro atoms. The van der Waals surface area contributed by atoms with E-state index in [1.165, 1.54) is 0 Å². The number of carbonyl (C=O) groups excluding carboxylic acids is 1. The average molecular weight is 425 g/mol. The first kappa shape index (κ1) is 19.4. The van der Waals surface area contributed by atoms with Crippen molar-refractivity contribution in [3.8, 4) is 17.2 Å². The molecule has 1 amide bonds. The normalized spacial score (nSPS) is 24.3. The maximum Gasteiger partial charge on any atom is 0.259 e. The number of benzene rings is 3. The number of guanidine groups is 1. The van der Waals surface area contributed by atoms with Crippen molar-refractivity contribution in [2.24, 2.45) is 16.6 Å². The van der Waals surface area contributed by atoms with Crippen molar-refractivity contribution in [3.63, 3.8) is 0 Å². The molecule has 0 aromatic heterocycles. The molecule has 0 saturated heterocycles. The van der Waals surface area contributed by atoms with Gasteiger partial charge in [0.05, 0.1) is 11.6 Å². The van der Waals surface area contributed by atoms with Gasteiger partial charge in [-0.15, -0.1) is 11.8 Å². The predicted octanol–water partition coefficient (Wildman–Crippen LogP) is 4.35. The number of rotatable bonds is 2. The van der Waals surface area contributed by atoms with Crippen molar-refractivity contribution in [1.82, 2.24) is 5.32 Å². The summed E-state index contributed by atoms with van der Waals surface area (Å²) < 4.78 is 0. The summed E-state index contributed by atoms with van der Waals surface area (Å²) in [6.07, 6.45) is 0. The van der Waals surface area contributed by atoms with E-state index in [1.807, 2.05) is 48.5 Å². The molecular formula is C25H20N4OS. The van der Waals surface area contributed by atoms with Gasteiger partial charge in [0.25, 0.3) is 5.91 Å². The number of hydrogen-bond donors (Lipinski definition) is 2. The number of amides is 1. The first-order valence-corrected chi connectivity index (χ1v) is 10.9. The van der Waals surface area contributed by atoms with Crippen LogP contribution in [0.1, 0.15) is 28.9 Å². The Morgan fingerprint density at radius 1 is 1.06 bits per heavy atom. The van der Waals surface area contributed by atoms with E-state index in [0.29, 0.717) is 5.56 Å². The second kappa shape index (κ2) is 7.29. The number of fused-ring (bicyclic) bond motifs is 2. The zero-order chi connectivity index (χ0) is 21.6. The molecule has 0 saturated carbocycles. The van der Waals surface area contributed by atoms with E-state index in [2.05, 4.69) is 36.5 Å². The maximum atomic E-state index is 13.3. The Bertz CT molecular complexity index is 1260. The maximum absolute atomic E-state index is 13.3. The Labute approximate surface area is 185 Å². The smallest absolute Gasteiger partial charge is 0.259 e. The number of nitrogens with one attached hydrogen (secondary N) is 1. The van der Waals surface area contributed by atoms with Gasteiger partial charge >= 0.3 is 0 Å². The van der Waals surface area contributed by atoms with E-state index in [4.69, 9.17) is 10.7 Å². The zero-order valence-corrected chi connectivity index (χ0v) is 17.7. The highest BCUT2D eigenvalue weighted by Crippen LogP contribution is 2.57. The van der Waals surface area contributed by atoms with Gasteiger partial charge in [-0.1, -0.05) is 55.5 Å². The lowest BCUT2D eigenvalue weighted by Gasteiger charge is -2.41. The van der Waals surface area contributed by atoms with E-state index >= 15 is 0 Å². The van der Waals surface area contributed by atoms with Gasteiger partial charge in [0.15, 0.2) is 11.5 Å². The second-order valence-corrected chi connectivity index (χ2v) is 9.04. The molecule has 6 heteroatoms. The van der Waals surface area contributed by atoms with Gasteiger partial charge < -0.3 is 5.73 Å². The number of nitriles is 1. The van der Waals surface area contributed by atoms with E-state index in [1.54, 1.807) is 17.8 Å². The molecule has 3 unspecified atom stereocenters. The standard InChI is InChI=1S/C25H20N4OS/c1-15-22(17-7-3-2-4-8-17)31-21-11-10-19(18-9-5-6-16(12-18)14-26)13-20(21)25(15)23(30)28-24(27)29-25/h2-13,15,22H,1H3,(H3,27,28,29,30). The fourth-order valence-electron chi connectivity index (χ4n) is 4.55. The summed E-state index contributed by atoms with van der Waals surface area (Å²) in [5.41, 5.74) is 9.38. The van der Waals surface area contributed by atoms with E-state index in [0.717, 1.165) is 27.1 Å². The minimum absolute atomic E-state index is 0.0573. The van der Waals surface area contributed by atoms with Crippen LogP contribution in [-0.2, 0) is 10.3 Å². The Morgan fingerprint density at radius 2 is 1.84 bits per heavy atom. The highest BCUT2D eigenvalue weighted by molar-refractivity contribution is 7.99. The summed E-state index contributed by atoms with van der Waals surface area (Å²) in [5, 5.41) is 12.1. The largest absolute Gasteiger partial charge is 0.370 e. The lowest BCUT2D eigenvalue weighted by Crippen LogP contribution is -2.46. The van der Waals surface area contributed by atoms with Crippen LogP contribution in [-0.4, -0.2) is 11.9 Å². The van der Waals surface area contributed by atoms with Crippen molar-refractivity contribution in [2.45, 2.75) is 22.6 Å². The van der Waals surface area contributed by atoms with Crippen LogP contribution >= 0.6 is 11.8 Å². The summed E-state index contributed by atoms with van der Waals surface area (Å²) in [5.74, 6) is -0.157. The van der Waals surface area contributed by atoms with Crippen LogP contribution in [0.5, 0.6) is 0 Å². The molecule has 3 atom stereocenters. The lowest BCUT2D eigenvalue weighted by atomic mass is 9.74. The van der Waals surface area contributed by atoms with Gasteiger partial charge in [0.2, 0.25) is 0 Å². The van der Waals surface area contributed by atoms with E-state index < -0.39 is 5.54 Å². The topological polar surface area (TPSA) is 91.3 Å². The highest BCUT2D eigenvalue weighted by atomic mass is 32.2. The molecule has 5 rings (SSSR count). The number of nitrogens with two attached hydrogens (primary N) is 1. The number of thioether (sulfide) groups is 1. The number of aliphatic imine (C=N–C) groups is 1. The molecule has 3 N–H and O–H groups in total. The molecule has 0 fully saturated rings. The fraction of sp³-hybridized carbons (Fsp3) is 0.160. The summed E-state index contributed by atoms with van der Waals surface area (Å²) >= 11 is 1.75. The SMILES string of the molecule is CC1C(c2ccccc2)Sc2ccc(-c3cccc(C#N)c3)cc2C12N=C(N)NC2=O. The van der Waals surface area contributed by atoms with Crippen molar-refractivity contribution >= 4 is 23.6 Å². The van der Waals surface area contributed by atoms with Gasteiger partial charge in [-0.3, -0.25) is 10.1 Å². The molecule has 2 aliphatic heterocycles. The third kappa shape index (κ3) is 3.01. The van der Waals surface area contributed by atoms with E-state index in [-0.39, 0.29) is 23.0 Å². The minimum atomic E-state index is -1.09. The van der Waals surface area contributed by atoms with Crippen LogP contribution < -0.4 is 11.1 Å². The van der Waals surface area contributed by atoms with Crippen molar-refractivity contribution in [1.29, 1.82) is 5.26 Å². The van der Waals surface area contributed by atoms with Crippen LogP contribution in [0.4, 0.5) is 0 Å². The molecule has 0 bridgehead atoms. The van der Waals surface area contributed by atoms with Gasteiger partial charge in [-0.05, 0) is 41.0 Å².